The molecule has 0 aliphatic carbocycles. The van der Waals surface area contributed by atoms with Crippen LogP contribution in [0, 0.1) is 24.7 Å². The highest BCUT2D eigenvalue weighted by atomic mass is 16.6. The molecular formula is C16H22N2O6. The minimum atomic E-state index is -1.42. The van der Waals surface area contributed by atoms with Crippen LogP contribution in [-0.4, -0.2) is 49.8 Å². The average molecular weight is 338 g/mol. The Hall–Kier alpha value is -1.92. The van der Waals surface area contributed by atoms with Crippen LogP contribution in [0.3, 0.4) is 0 Å². The van der Waals surface area contributed by atoms with Crippen molar-refractivity contribution in [1.29, 1.82) is 0 Å². The Morgan fingerprint density at radius 1 is 1.29 bits per heavy atom. The van der Waals surface area contributed by atoms with Gasteiger partial charge >= 0.3 is 5.69 Å². The second-order valence-electron chi connectivity index (χ2n) is 6.22. The van der Waals surface area contributed by atoms with Gasteiger partial charge in [0, 0.05) is 12.1 Å². The Balaban J connectivity index is 2.50. The summed E-state index contributed by atoms with van der Waals surface area (Å²) in [5.74, 6) is 5.97. The highest BCUT2D eigenvalue weighted by molar-refractivity contribution is 5.36. The number of aromatic amines is 1. The summed E-state index contributed by atoms with van der Waals surface area (Å²) in [4.78, 5) is 26.3. The van der Waals surface area contributed by atoms with Gasteiger partial charge in [0.1, 0.15) is 23.9 Å². The lowest BCUT2D eigenvalue weighted by Crippen LogP contribution is -2.40. The first-order chi connectivity index (χ1) is 11.3. The van der Waals surface area contributed by atoms with Gasteiger partial charge in [-0.05, 0) is 12.8 Å². The second kappa shape index (κ2) is 7.32. The molecule has 1 aliphatic heterocycles. The van der Waals surface area contributed by atoms with Crippen molar-refractivity contribution in [1.82, 2.24) is 9.55 Å². The summed E-state index contributed by atoms with van der Waals surface area (Å²) in [6, 6.07) is 0. The van der Waals surface area contributed by atoms with Crippen molar-refractivity contribution in [3.8, 4) is 11.8 Å². The Labute approximate surface area is 138 Å². The molecule has 1 aromatic rings. The number of rotatable bonds is 3. The molecule has 0 bridgehead atoms. The fourth-order valence-corrected chi connectivity index (χ4v) is 2.55. The van der Waals surface area contributed by atoms with Gasteiger partial charge in [-0.15, -0.1) is 0 Å². The second-order valence-corrected chi connectivity index (χ2v) is 6.22. The SMILES string of the molecule is Cc1c(C#CCC(C)C)c(=O)[nH]c(=O)n1[C@@H]1O[C@H](CO)[C@@H](O)[C@H]1O. The van der Waals surface area contributed by atoms with E-state index < -0.39 is 42.4 Å². The van der Waals surface area contributed by atoms with Crippen LogP contribution < -0.4 is 11.2 Å². The zero-order valence-corrected chi connectivity index (χ0v) is 13.8. The number of ether oxygens (including phenoxy) is 1. The third-order valence-electron chi connectivity index (χ3n) is 3.88. The van der Waals surface area contributed by atoms with E-state index in [4.69, 9.17) is 9.84 Å². The fraction of sp³-hybridized carbons (Fsp3) is 0.625. The third kappa shape index (κ3) is 3.44. The van der Waals surface area contributed by atoms with Crippen LogP contribution in [0.15, 0.2) is 9.59 Å². The molecule has 0 aromatic carbocycles. The van der Waals surface area contributed by atoms with E-state index in [9.17, 15) is 19.8 Å². The van der Waals surface area contributed by atoms with Gasteiger partial charge < -0.3 is 20.1 Å². The predicted octanol–water partition coefficient (Wildman–Crippen LogP) is -1.15. The molecule has 132 valence electrons. The molecule has 1 aromatic heterocycles. The Kier molecular flexibility index (Phi) is 5.62. The van der Waals surface area contributed by atoms with E-state index in [1.807, 2.05) is 13.8 Å². The molecule has 4 N–H and O–H groups in total. The van der Waals surface area contributed by atoms with Crippen molar-refractivity contribution in [2.24, 2.45) is 5.92 Å². The highest BCUT2D eigenvalue weighted by Crippen LogP contribution is 2.29. The molecule has 0 amide bonds. The van der Waals surface area contributed by atoms with E-state index in [1.54, 1.807) is 0 Å². The Bertz CT molecular complexity index is 769. The van der Waals surface area contributed by atoms with Gasteiger partial charge in [0.2, 0.25) is 0 Å². The quantitative estimate of drug-likeness (QED) is 0.516. The maximum absolute atomic E-state index is 12.2. The first-order valence-electron chi connectivity index (χ1n) is 7.74. The van der Waals surface area contributed by atoms with Crippen molar-refractivity contribution in [2.45, 2.75) is 51.7 Å². The zero-order chi connectivity index (χ0) is 18.0. The minimum absolute atomic E-state index is 0.105. The first kappa shape index (κ1) is 18.4. The number of nitrogens with one attached hydrogen (secondary N) is 1. The monoisotopic (exact) mass is 338 g/mol. The summed E-state index contributed by atoms with van der Waals surface area (Å²) >= 11 is 0. The third-order valence-corrected chi connectivity index (χ3v) is 3.88. The lowest BCUT2D eigenvalue weighted by atomic mass is 10.1. The first-order valence-corrected chi connectivity index (χ1v) is 7.74. The van der Waals surface area contributed by atoms with Crippen LogP contribution >= 0.6 is 0 Å². The summed E-state index contributed by atoms with van der Waals surface area (Å²) in [7, 11) is 0. The van der Waals surface area contributed by atoms with Crippen LogP contribution in [0.2, 0.25) is 0 Å². The van der Waals surface area contributed by atoms with Crippen molar-refractivity contribution >= 4 is 0 Å². The number of aliphatic hydroxyl groups excluding tert-OH is 3. The average Bonchev–Trinajstić information content (AvgIpc) is 2.78. The van der Waals surface area contributed by atoms with Gasteiger partial charge in [-0.25, -0.2) is 4.79 Å². The smallest absolute Gasteiger partial charge is 0.330 e. The van der Waals surface area contributed by atoms with Gasteiger partial charge in [-0.1, -0.05) is 25.7 Å². The number of H-pyrrole nitrogens is 1. The lowest BCUT2D eigenvalue weighted by molar-refractivity contribution is -0.0559. The molecule has 0 radical (unpaired) electrons. The standard InChI is InChI=1S/C16H22N2O6/c1-8(2)5-4-6-10-9(3)18(16(23)17-14(10)22)15-13(21)12(20)11(7-19)24-15/h8,11-13,15,19-21H,5,7H2,1-3H3,(H,17,22,23)/t11-,12-,13-,15-/m1/s1. The summed E-state index contributed by atoms with van der Waals surface area (Å²) in [6.45, 7) is 5.00. The molecule has 2 heterocycles. The van der Waals surface area contributed by atoms with Crippen LogP contribution in [0.5, 0.6) is 0 Å². The van der Waals surface area contributed by atoms with Crippen LogP contribution in [0.1, 0.15) is 37.8 Å². The molecule has 2 rings (SSSR count). The summed E-state index contributed by atoms with van der Waals surface area (Å²) < 4.78 is 6.41. The maximum atomic E-state index is 12.2. The van der Waals surface area contributed by atoms with Crippen molar-refractivity contribution < 1.29 is 20.1 Å². The zero-order valence-electron chi connectivity index (χ0n) is 13.8. The van der Waals surface area contributed by atoms with Gasteiger partial charge in [0.05, 0.1) is 6.61 Å². The molecule has 0 spiro atoms. The van der Waals surface area contributed by atoms with E-state index in [0.29, 0.717) is 12.3 Å². The Morgan fingerprint density at radius 3 is 2.50 bits per heavy atom. The number of hydrogen-bond donors (Lipinski definition) is 4. The van der Waals surface area contributed by atoms with E-state index in [-0.39, 0.29) is 11.3 Å². The number of aromatic nitrogens is 2. The summed E-state index contributed by atoms with van der Waals surface area (Å²) in [6.07, 6.45) is -4.40. The van der Waals surface area contributed by atoms with Gasteiger partial charge in [-0.3, -0.25) is 14.3 Å². The van der Waals surface area contributed by atoms with Crippen LogP contribution in [0.25, 0.3) is 0 Å². The van der Waals surface area contributed by atoms with Crippen molar-refractivity contribution in [3.05, 3.63) is 32.1 Å². The number of aliphatic hydroxyl groups is 3. The van der Waals surface area contributed by atoms with Gasteiger partial charge in [-0.2, -0.15) is 0 Å². The molecule has 4 atom stereocenters. The molecule has 0 saturated carbocycles. The lowest BCUT2D eigenvalue weighted by Gasteiger charge is -2.20. The van der Waals surface area contributed by atoms with E-state index >= 15 is 0 Å². The molecule has 24 heavy (non-hydrogen) atoms. The fourth-order valence-electron chi connectivity index (χ4n) is 2.55. The number of hydrogen-bond acceptors (Lipinski definition) is 6. The molecule has 1 aliphatic rings. The topological polar surface area (TPSA) is 125 Å². The number of nitrogens with zero attached hydrogens (tertiary/aromatic N) is 1. The summed E-state index contributed by atoms with van der Waals surface area (Å²) in [5.41, 5.74) is -1.05. The molecule has 8 nitrogen and oxygen atoms in total. The van der Waals surface area contributed by atoms with E-state index in [1.165, 1.54) is 6.92 Å². The molecule has 8 heteroatoms. The largest absolute Gasteiger partial charge is 0.394 e. The Morgan fingerprint density at radius 2 is 1.96 bits per heavy atom. The summed E-state index contributed by atoms with van der Waals surface area (Å²) in [5, 5.41) is 29.1. The van der Waals surface area contributed by atoms with Gasteiger partial charge in [0.15, 0.2) is 6.23 Å². The van der Waals surface area contributed by atoms with Crippen molar-refractivity contribution in [3.63, 3.8) is 0 Å². The highest BCUT2D eigenvalue weighted by Gasteiger charge is 2.44. The molecule has 0 unspecified atom stereocenters. The van der Waals surface area contributed by atoms with Crippen molar-refractivity contribution in [2.75, 3.05) is 6.61 Å². The maximum Gasteiger partial charge on any atom is 0.330 e. The van der Waals surface area contributed by atoms with E-state index in [2.05, 4.69) is 16.8 Å². The predicted molar refractivity (Wildman–Crippen MR) is 85.4 cm³/mol. The normalized spacial score (nSPS) is 26.5. The molecular weight excluding hydrogens is 316 g/mol. The van der Waals surface area contributed by atoms with Crippen LogP contribution in [-0.2, 0) is 4.74 Å². The molecule has 1 fully saturated rings. The minimum Gasteiger partial charge on any atom is -0.394 e. The van der Waals surface area contributed by atoms with Crippen LogP contribution in [0.4, 0.5) is 0 Å². The molecule has 1 saturated heterocycles. The van der Waals surface area contributed by atoms with Gasteiger partial charge in [0.25, 0.3) is 5.56 Å². The van der Waals surface area contributed by atoms with E-state index in [0.717, 1.165) is 4.57 Å².